The average molecular weight is 425 g/mol. The van der Waals surface area contributed by atoms with Crippen molar-refractivity contribution >= 4 is 11.7 Å². The fourth-order valence-electron chi connectivity index (χ4n) is 4.49. The Kier molecular flexibility index (Phi) is 6.70. The van der Waals surface area contributed by atoms with Crippen molar-refractivity contribution < 1.29 is 14.3 Å². The van der Waals surface area contributed by atoms with E-state index in [0.717, 1.165) is 68.5 Å². The lowest BCUT2D eigenvalue weighted by molar-refractivity contribution is -0.135. The molecular weight excluding hydrogens is 392 g/mol. The number of aryl methyl sites for hydroxylation is 2. The van der Waals surface area contributed by atoms with E-state index in [1.54, 1.807) is 7.11 Å². The molecule has 0 unspecified atom stereocenters. The van der Waals surface area contributed by atoms with Crippen LogP contribution in [0, 0.1) is 12.8 Å². The summed E-state index contributed by atoms with van der Waals surface area (Å²) in [6, 6.07) is 8.17. The summed E-state index contributed by atoms with van der Waals surface area (Å²) in [5.74, 6) is 2.92. The van der Waals surface area contributed by atoms with Gasteiger partial charge in [0, 0.05) is 50.5 Å². The largest absolute Gasteiger partial charge is 0.497 e. The summed E-state index contributed by atoms with van der Waals surface area (Å²) in [7, 11) is 1.69. The molecule has 2 saturated heterocycles. The number of methoxy groups -OCH3 is 1. The fourth-order valence-corrected chi connectivity index (χ4v) is 4.49. The van der Waals surface area contributed by atoms with Gasteiger partial charge in [0.05, 0.1) is 19.6 Å². The van der Waals surface area contributed by atoms with Crippen molar-refractivity contribution in [1.82, 2.24) is 14.9 Å². The molecule has 2 aliphatic rings. The number of carbonyl (C=O) groups is 1. The number of hydrogen-bond donors (Lipinski definition) is 0. The van der Waals surface area contributed by atoms with Crippen LogP contribution in [0.5, 0.6) is 5.75 Å². The highest BCUT2D eigenvalue weighted by atomic mass is 16.5. The third-order valence-electron chi connectivity index (χ3n) is 6.20. The maximum atomic E-state index is 12.8. The van der Waals surface area contributed by atoms with E-state index in [0.29, 0.717) is 13.2 Å². The smallest absolute Gasteiger partial charge is 0.228 e. The highest BCUT2D eigenvalue weighted by molar-refractivity contribution is 5.79. The minimum atomic E-state index is 0.0307. The molecule has 4 rings (SSSR count). The molecule has 1 atom stereocenters. The number of ether oxygens (including phenoxy) is 2. The molecule has 7 nitrogen and oxygen atoms in total. The van der Waals surface area contributed by atoms with Crippen LogP contribution in [0.4, 0.5) is 5.82 Å². The minimum Gasteiger partial charge on any atom is -0.497 e. The van der Waals surface area contributed by atoms with Gasteiger partial charge in [-0.05, 0) is 37.5 Å². The summed E-state index contributed by atoms with van der Waals surface area (Å²) in [6.45, 7) is 8.36. The first-order chi connectivity index (χ1) is 15.1. The SMILES string of the molecule is CCc1nc(C)nc(N2CCN(C(=O)[C@H]3CCOC3)CC2)c1Cc1cccc(OC)c1. The predicted molar refractivity (Wildman–Crippen MR) is 120 cm³/mol. The normalized spacial score (nSPS) is 19.0. The average Bonchev–Trinajstić information content (AvgIpc) is 3.34. The zero-order valence-electron chi connectivity index (χ0n) is 18.8. The van der Waals surface area contributed by atoms with E-state index in [1.165, 1.54) is 11.1 Å². The molecule has 0 radical (unpaired) electrons. The van der Waals surface area contributed by atoms with Gasteiger partial charge >= 0.3 is 0 Å². The van der Waals surface area contributed by atoms with Crippen LogP contribution in [0.25, 0.3) is 0 Å². The number of carbonyl (C=O) groups excluding carboxylic acids is 1. The van der Waals surface area contributed by atoms with Gasteiger partial charge in [-0.15, -0.1) is 0 Å². The van der Waals surface area contributed by atoms with Crippen LogP contribution in [0.1, 0.15) is 36.0 Å². The topological polar surface area (TPSA) is 67.8 Å². The Hall–Kier alpha value is -2.67. The standard InChI is InChI=1S/C24H32N4O3/c1-4-22-21(15-18-6-5-7-20(14-18)30-3)23(26-17(2)25-22)27-9-11-28(12-10-27)24(29)19-8-13-31-16-19/h5-7,14,19H,4,8-13,15-16H2,1-3H3/t19-/m0/s1. The van der Waals surface area contributed by atoms with Crippen LogP contribution in [-0.4, -0.2) is 67.3 Å². The molecule has 2 aromatic rings. The molecule has 3 heterocycles. The van der Waals surface area contributed by atoms with Crippen LogP contribution < -0.4 is 9.64 Å². The third kappa shape index (κ3) is 4.82. The van der Waals surface area contributed by atoms with Crippen LogP contribution in [0.3, 0.4) is 0 Å². The van der Waals surface area contributed by atoms with E-state index in [2.05, 4.69) is 24.0 Å². The first-order valence-corrected chi connectivity index (χ1v) is 11.2. The molecule has 1 aromatic carbocycles. The summed E-state index contributed by atoms with van der Waals surface area (Å²) < 4.78 is 10.8. The summed E-state index contributed by atoms with van der Waals surface area (Å²) in [5, 5.41) is 0. The summed E-state index contributed by atoms with van der Waals surface area (Å²) in [4.78, 5) is 26.7. The van der Waals surface area contributed by atoms with Crippen molar-refractivity contribution in [3.8, 4) is 5.75 Å². The number of nitrogens with zero attached hydrogens (tertiary/aromatic N) is 4. The lowest BCUT2D eigenvalue weighted by Crippen LogP contribution is -2.51. The number of hydrogen-bond acceptors (Lipinski definition) is 6. The molecule has 1 amide bonds. The number of piperazine rings is 1. The van der Waals surface area contributed by atoms with Gasteiger partial charge < -0.3 is 19.3 Å². The zero-order chi connectivity index (χ0) is 21.8. The molecule has 0 saturated carbocycles. The summed E-state index contributed by atoms with van der Waals surface area (Å²) in [6.07, 6.45) is 2.46. The molecule has 2 fully saturated rings. The molecule has 2 aliphatic heterocycles. The number of aromatic nitrogens is 2. The number of amides is 1. The summed E-state index contributed by atoms with van der Waals surface area (Å²) in [5.41, 5.74) is 3.44. The second kappa shape index (κ2) is 9.64. The van der Waals surface area contributed by atoms with Crippen LogP contribution in [0.15, 0.2) is 24.3 Å². The molecule has 0 bridgehead atoms. The number of benzene rings is 1. The van der Waals surface area contributed by atoms with Gasteiger partial charge in [-0.1, -0.05) is 19.1 Å². The van der Waals surface area contributed by atoms with E-state index in [9.17, 15) is 4.79 Å². The van der Waals surface area contributed by atoms with Gasteiger partial charge in [-0.3, -0.25) is 4.79 Å². The molecule has 0 aliphatic carbocycles. The molecule has 31 heavy (non-hydrogen) atoms. The Bertz CT molecular complexity index is 919. The van der Waals surface area contributed by atoms with Crippen molar-refractivity contribution in [2.75, 3.05) is 51.4 Å². The van der Waals surface area contributed by atoms with Gasteiger partial charge in [0.1, 0.15) is 17.4 Å². The lowest BCUT2D eigenvalue weighted by atomic mass is 10.0. The Morgan fingerprint density at radius 1 is 1.23 bits per heavy atom. The molecule has 166 valence electrons. The molecule has 1 aromatic heterocycles. The molecule has 0 spiro atoms. The fraction of sp³-hybridized carbons (Fsp3) is 0.542. The first kappa shape index (κ1) is 21.6. The Morgan fingerprint density at radius 3 is 2.71 bits per heavy atom. The van der Waals surface area contributed by atoms with Gasteiger partial charge in [-0.25, -0.2) is 9.97 Å². The van der Waals surface area contributed by atoms with Crippen molar-refractivity contribution in [3.63, 3.8) is 0 Å². The second-order valence-corrected chi connectivity index (χ2v) is 8.27. The van der Waals surface area contributed by atoms with Gasteiger partial charge in [0.15, 0.2) is 0 Å². The highest BCUT2D eigenvalue weighted by Crippen LogP contribution is 2.27. The third-order valence-corrected chi connectivity index (χ3v) is 6.20. The van der Waals surface area contributed by atoms with E-state index in [-0.39, 0.29) is 11.8 Å². The quantitative estimate of drug-likeness (QED) is 0.710. The van der Waals surface area contributed by atoms with E-state index in [1.807, 2.05) is 24.0 Å². The van der Waals surface area contributed by atoms with E-state index in [4.69, 9.17) is 19.4 Å². The van der Waals surface area contributed by atoms with E-state index >= 15 is 0 Å². The van der Waals surface area contributed by atoms with Crippen LogP contribution in [0.2, 0.25) is 0 Å². The zero-order valence-corrected chi connectivity index (χ0v) is 18.8. The van der Waals surface area contributed by atoms with Gasteiger partial charge in [0.25, 0.3) is 0 Å². The van der Waals surface area contributed by atoms with Crippen molar-refractivity contribution in [3.05, 3.63) is 46.9 Å². The van der Waals surface area contributed by atoms with Gasteiger partial charge in [0.2, 0.25) is 5.91 Å². The van der Waals surface area contributed by atoms with Crippen LogP contribution in [-0.2, 0) is 22.4 Å². The Balaban J connectivity index is 1.55. The number of rotatable bonds is 6. The van der Waals surface area contributed by atoms with Crippen molar-refractivity contribution in [2.24, 2.45) is 5.92 Å². The molecule has 0 N–H and O–H groups in total. The number of anilines is 1. The van der Waals surface area contributed by atoms with Crippen molar-refractivity contribution in [1.29, 1.82) is 0 Å². The maximum Gasteiger partial charge on any atom is 0.228 e. The maximum absolute atomic E-state index is 12.8. The van der Waals surface area contributed by atoms with Crippen molar-refractivity contribution in [2.45, 2.75) is 33.1 Å². The highest BCUT2D eigenvalue weighted by Gasteiger charge is 2.31. The predicted octanol–water partition coefficient (Wildman–Crippen LogP) is 2.63. The lowest BCUT2D eigenvalue weighted by Gasteiger charge is -2.37. The minimum absolute atomic E-state index is 0.0307. The van der Waals surface area contributed by atoms with Gasteiger partial charge in [-0.2, -0.15) is 0 Å². The molecule has 7 heteroatoms. The summed E-state index contributed by atoms with van der Waals surface area (Å²) >= 11 is 0. The Labute approximate surface area is 184 Å². The Morgan fingerprint density at radius 2 is 2.03 bits per heavy atom. The second-order valence-electron chi connectivity index (χ2n) is 8.27. The van der Waals surface area contributed by atoms with E-state index < -0.39 is 0 Å². The first-order valence-electron chi connectivity index (χ1n) is 11.2. The monoisotopic (exact) mass is 424 g/mol. The molecular formula is C24H32N4O3. The van der Waals surface area contributed by atoms with Crippen LogP contribution >= 0.6 is 0 Å².